The summed E-state index contributed by atoms with van der Waals surface area (Å²) in [5.41, 5.74) is 7.65. The fraction of sp³-hybridized carbons (Fsp3) is 0.462. The molecule has 4 N–H and O–H groups in total. The lowest BCUT2D eigenvalue weighted by Gasteiger charge is -2.24. The van der Waals surface area contributed by atoms with E-state index in [0.29, 0.717) is 25.2 Å². The van der Waals surface area contributed by atoms with Gasteiger partial charge in [0.05, 0.1) is 6.04 Å². The Morgan fingerprint density at radius 3 is 2.38 bits per heavy atom. The largest absolute Gasteiger partial charge is 0.444 e. The summed E-state index contributed by atoms with van der Waals surface area (Å²) < 4.78 is 5.33. The van der Waals surface area contributed by atoms with Crippen molar-refractivity contribution in [2.24, 2.45) is 5.92 Å². The van der Waals surface area contributed by atoms with Crippen LogP contribution in [0.25, 0.3) is 0 Å². The van der Waals surface area contributed by atoms with Gasteiger partial charge in [0.1, 0.15) is 11.4 Å². The van der Waals surface area contributed by atoms with Crippen LogP contribution in [0.4, 0.5) is 10.6 Å². The second-order valence-electron chi connectivity index (χ2n) is 9.49. The number of carbonyl (C=O) groups is 3. The number of carbonyl (C=O) groups excluding carboxylic acids is 3. The molecule has 2 aromatic rings. The van der Waals surface area contributed by atoms with Crippen molar-refractivity contribution in [3.63, 3.8) is 0 Å². The molecule has 2 atom stereocenters. The predicted octanol–water partition coefficient (Wildman–Crippen LogP) is 3.71. The lowest BCUT2D eigenvalue weighted by Crippen LogP contribution is -2.44. The third-order valence-electron chi connectivity index (χ3n) is 5.27. The molecule has 0 spiro atoms. The molecular formula is C26H36N4O4. The van der Waals surface area contributed by atoms with E-state index in [9.17, 15) is 14.4 Å². The first-order valence-electron chi connectivity index (χ1n) is 11.5. The molecule has 34 heavy (non-hydrogen) atoms. The summed E-state index contributed by atoms with van der Waals surface area (Å²) in [5, 5.41) is 5.54. The minimum atomic E-state index is -0.756. The molecule has 0 saturated heterocycles. The number of alkyl carbamates (subject to hydrolysis) is 1. The summed E-state index contributed by atoms with van der Waals surface area (Å²) in [6, 6.07) is 12.5. The molecule has 0 aliphatic heterocycles. The van der Waals surface area contributed by atoms with E-state index in [1.807, 2.05) is 43.3 Å². The van der Waals surface area contributed by atoms with E-state index in [-0.39, 0.29) is 18.1 Å². The van der Waals surface area contributed by atoms with Crippen LogP contribution in [-0.2, 0) is 27.3 Å². The monoisotopic (exact) mass is 468 g/mol. The predicted molar refractivity (Wildman–Crippen MR) is 132 cm³/mol. The van der Waals surface area contributed by atoms with Crippen molar-refractivity contribution in [3.05, 3.63) is 59.3 Å². The molecule has 1 heterocycles. The molecule has 2 rings (SSSR count). The topological polar surface area (TPSA) is 123 Å². The number of aryl methyl sites for hydroxylation is 2. The highest BCUT2D eigenvalue weighted by Crippen LogP contribution is 2.14. The molecular weight excluding hydrogens is 432 g/mol. The molecule has 1 aromatic heterocycles. The minimum absolute atomic E-state index is 0.0000571. The Balaban J connectivity index is 1.98. The van der Waals surface area contributed by atoms with Gasteiger partial charge in [-0.2, -0.15) is 0 Å². The van der Waals surface area contributed by atoms with Gasteiger partial charge in [0.15, 0.2) is 5.78 Å². The van der Waals surface area contributed by atoms with Gasteiger partial charge < -0.3 is 21.1 Å². The number of Topliss-reactive ketones (excluding diaryl/α,β-unsaturated/α-hetero) is 1. The SMILES string of the molecule is Cc1nc(N)ccc1CNC(=O)[C@H](C)CC(=O)[C@@H](CCc1ccccc1)NC(=O)OC(C)(C)C. The molecule has 2 amide bonds. The van der Waals surface area contributed by atoms with E-state index >= 15 is 0 Å². The van der Waals surface area contributed by atoms with Crippen molar-refractivity contribution >= 4 is 23.6 Å². The maximum Gasteiger partial charge on any atom is 0.408 e. The highest BCUT2D eigenvalue weighted by atomic mass is 16.6. The molecule has 0 bridgehead atoms. The first-order chi connectivity index (χ1) is 15.9. The summed E-state index contributed by atoms with van der Waals surface area (Å²) >= 11 is 0. The standard InChI is InChI=1S/C26H36N4O4/c1-17(24(32)28-16-20-12-14-23(27)29-18(20)2)15-22(31)21(30-25(33)34-26(3,4)5)13-11-19-9-7-6-8-10-19/h6-10,12,14,17,21H,11,13,15-16H2,1-5H3,(H2,27,29)(H,28,32)(H,30,33)/t17-,21-/m1/s1. The first kappa shape index (κ1) is 26.8. The van der Waals surface area contributed by atoms with Gasteiger partial charge in [0.2, 0.25) is 5.91 Å². The van der Waals surface area contributed by atoms with Crippen molar-refractivity contribution < 1.29 is 19.1 Å². The molecule has 0 radical (unpaired) electrons. The fourth-order valence-corrected chi connectivity index (χ4v) is 3.41. The summed E-state index contributed by atoms with van der Waals surface area (Å²) in [6.07, 6.45) is 0.367. The fourth-order valence-electron chi connectivity index (χ4n) is 3.41. The number of aromatic nitrogens is 1. The second kappa shape index (κ2) is 12.2. The third-order valence-corrected chi connectivity index (χ3v) is 5.27. The van der Waals surface area contributed by atoms with Crippen molar-refractivity contribution in [1.82, 2.24) is 15.6 Å². The molecule has 184 valence electrons. The van der Waals surface area contributed by atoms with Crippen LogP contribution in [0.2, 0.25) is 0 Å². The molecule has 0 saturated carbocycles. The number of ketones is 1. The number of anilines is 1. The number of rotatable bonds is 10. The van der Waals surface area contributed by atoms with Gasteiger partial charge in [0.25, 0.3) is 0 Å². The first-order valence-corrected chi connectivity index (χ1v) is 11.5. The van der Waals surface area contributed by atoms with E-state index in [1.54, 1.807) is 33.8 Å². The molecule has 0 unspecified atom stereocenters. The van der Waals surface area contributed by atoms with E-state index in [4.69, 9.17) is 10.5 Å². The zero-order valence-electron chi connectivity index (χ0n) is 20.7. The Bertz CT molecular complexity index is 986. The molecule has 0 aliphatic rings. The van der Waals surface area contributed by atoms with Gasteiger partial charge >= 0.3 is 6.09 Å². The number of nitrogens with two attached hydrogens (primary N) is 1. The van der Waals surface area contributed by atoms with Crippen LogP contribution in [0.5, 0.6) is 0 Å². The molecule has 8 heteroatoms. The Kier molecular flexibility index (Phi) is 9.59. The van der Waals surface area contributed by atoms with Crippen LogP contribution < -0.4 is 16.4 Å². The number of pyridine rings is 1. The smallest absolute Gasteiger partial charge is 0.408 e. The number of hydrogen-bond donors (Lipinski definition) is 3. The van der Waals surface area contributed by atoms with Crippen molar-refractivity contribution in [1.29, 1.82) is 0 Å². The van der Waals surface area contributed by atoms with Gasteiger partial charge in [-0.15, -0.1) is 0 Å². The average molecular weight is 469 g/mol. The van der Waals surface area contributed by atoms with Crippen molar-refractivity contribution in [2.45, 2.75) is 72.1 Å². The molecule has 1 aromatic carbocycles. The van der Waals surface area contributed by atoms with Crippen molar-refractivity contribution in [3.8, 4) is 0 Å². The number of nitrogen functional groups attached to an aromatic ring is 1. The van der Waals surface area contributed by atoms with Crippen molar-refractivity contribution in [2.75, 3.05) is 5.73 Å². The normalized spacial score (nSPS) is 13.0. The lowest BCUT2D eigenvalue weighted by atomic mass is 9.95. The van der Waals surface area contributed by atoms with Gasteiger partial charge in [-0.25, -0.2) is 9.78 Å². The Morgan fingerprint density at radius 2 is 1.76 bits per heavy atom. The third kappa shape index (κ3) is 9.21. The Hall–Kier alpha value is -3.42. The molecule has 0 aliphatic carbocycles. The Morgan fingerprint density at radius 1 is 1.09 bits per heavy atom. The maximum atomic E-state index is 13.1. The maximum absolute atomic E-state index is 13.1. The number of benzene rings is 1. The van der Waals surface area contributed by atoms with Gasteiger partial charge in [-0.1, -0.05) is 43.3 Å². The molecule has 8 nitrogen and oxygen atoms in total. The number of amides is 2. The Labute approximate surface area is 201 Å². The van der Waals surface area contributed by atoms with Crippen LogP contribution in [0.1, 0.15) is 57.4 Å². The van der Waals surface area contributed by atoms with Gasteiger partial charge in [-0.05, 0) is 57.7 Å². The number of ether oxygens (including phenoxy) is 1. The second-order valence-corrected chi connectivity index (χ2v) is 9.49. The zero-order valence-corrected chi connectivity index (χ0v) is 20.7. The van der Waals surface area contributed by atoms with Crippen LogP contribution in [0.15, 0.2) is 42.5 Å². The van der Waals surface area contributed by atoms with E-state index < -0.39 is 23.7 Å². The highest BCUT2D eigenvalue weighted by Gasteiger charge is 2.27. The highest BCUT2D eigenvalue weighted by molar-refractivity contribution is 5.91. The van der Waals surface area contributed by atoms with Gasteiger partial charge in [-0.3, -0.25) is 9.59 Å². The lowest BCUT2D eigenvalue weighted by molar-refractivity contribution is -0.129. The van der Waals surface area contributed by atoms with Crippen LogP contribution in [-0.4, -0.2) is 34.4 Å². The number of nitrogens with one attached hydrogen (secondary N) is 2. The summed E-state index contributed by atoms with van der Waals surface area (Å²) in [4.78, 5) is 42.2. The van der Waals surface area contributed by atoms with E-state index in [1.165, 1.54) is 0 Å². The number of hydrogen-bond acceptors (Lipinski definition) is 6. The van der Waals surface area contributed by atoms with Crippen LogP contribution >= 0.6 is 0 Å². The van der Waals surface area contributed by atoms with Gasteiger partial charge in [0, 0.05) is 24.6 Å². The van der Waals surface area contributed by atoms with E-state index in [0.717, 1.165) is 16.8 Å². The van der Waals surface area contributed by atoms with E-state index in [2.05, 4.69) is 15.6 Å². The summed E-state index contributed by atoms with van der Waals surface area (Å²) in [5.74, 6) is -0.599. The zero-order chi connectivity index (χ0) is 25.3. The minimum Gasteiger partial charge on any atom is -0.444 e. The van der Waals surface area contributed by atoms with Crippen LogP contribution in [0, 0.1) is 12.8 Å². The molecule has 0 fully saturated rings. The summed E-state index contributed by atoms with van der Waals surface area (Å²) in [6.45, 7) is 9.10. The van der Waals surface area contributed by atoms with Crippen LogP contribution in [0.3, 0.4) is 0 Å². The number of nitrogens with zero attached hydrogens (tertiary/aromatic N) is 1. The quantitative estimate of drug-likeness (QED) is 0.488. The average Bonchev–Trinajstić information content (AvgIpc) is 2.75. The summed E-state index contributed by atoms with van der Waals surface area (Å²) in [7, 11) is 0.